The second-order valence-electron chi connectivity index (χ2n) is 8.91. The van der Waals surface area contributed by atoms with Gasteiger partial charge in [0.1, 0.15) is 0 Å². The van der Waals surface area contributed by atoms with Crippen molar-refractivity contribution in [1.82, 2.24) is 10.3 Å². The van der Waals surface area contributed by atoms with Crippen LogP contribution in [0.1, 0.15) is 39.2 Å². The van der Waals surface area contributed by atoms with E-state index in [1.54, 1.807) is 57.3 Å². The van der Waals surface area contributed by atoms with E-state index in [1.165, 1.54) is 17.4 Å². The minimum atomic E-state index is -3.94. The number of nitrogens with zero attached hydrogens (tertiary/aromatic N) is 1. The number of anilines is 2. The minimum Gasteiger partial charge on any atom is -0.463 e. The van der Waals surface area contributed by atoms with Gasteiger partial charge < -0.3 is 20.1 Å². The first-order chi connectivity index (χ1) is 19.0. The van der Waals surface area contributed by atoms with E-state index in [-0.39, 0.29) is 18.1 Å². The fourth-order valence-electron chi connectivity index (χ4n) is 4.59. The second-order valence-corrected chi connectivity index (χ2v) is 11.3. The Morgan fingerprint density at radius 1 is 1.00 bits per heavy atom. The van der Waals surface area contributed by atoms with E-state index in [2.05, 4.69) is 15.6 Å². The molecule has 0 atom stereocenters. The molecule has 0 saturated carbocycles. The van der Waals surface area contributed by atoms with Crippen LogP contribution in [0.15, 0.2) is 81.3 Å². The summed E-state index contributed by atoms with van der Waals surface area (Å²) in [5.41, 5.74) is 4.00. The van der Waals surface area contributed by atoms with Gasteiger partial charge in [-0.3, -0.25) is 0 Å². The van der Waals surface area contributed by atoms with Gasteiger partial charge in [0.05, 0.1) is 40.9 Å². The summed E-state index contributed by atoms with van der Waals surface area (Å²) in [6.45, 7) is 7.35. The van der Waals surface area contributed by atoms with Crippen molar-refractivity contribution in [1.29, 1.82) is 0 Å². The fraction of sp³-hybridized carbons (Fsp3) is 0.250. The van der Waals surface area contributed by atoms with E-state index in [9.17, 15) is 18.0 Å². The zero-order valence-corrected chi connectivity index (χ0v) is 24.1. The van der Waals surface area contributed by atoms with Gasteiger partial charge in [0.15, 0.2) is 5.13 Å². The Hall–Kier alpha value is -4.00. The Morgan fingerprint density at radius 2 is 1.62 bits per heavy atom. The van der Waals surface area contributed by atoms with Crippen LogP contribution in [0.2, 0.25) is 0 Å². The van der Waals surface area contributed by atoms with Crippen molar-refractivity contribution in [2.45, 2.75) is 38.5 Å². The quantitative estimate of drug-likeness (QED) is 0.309. The molecule has 0 spiro atoms. The van der Waals surface area contributed by atoms with Crippen LogP contribution < -0.4 is 15.8 Å². The normalized spacial score (nSPS) is 14.1. The molecule has 0 bridgehead atoms. The van der Waals surface area contributed by atoms with Gasteiger partial charge in [-0.15, -0.1) is 11.3 Å². The third-order valence-electron chi connectivity index (χ3n) is 6.20. The summed E-state index contributed by atoms with van der Waals surface area (Å²) in [6.07, 6.45) is 0. The number of nitrogens with one attached hydrogen (secondary N) is 2. The SMILES string of the molecule is CCOC(=O)C1=C(C)NC(C)=C(C(=O)OCC)C1c1cccc(Nc2nc(-c3ccccc3S(N)(=O)=O)cs2)c1. The molecule has 0 fully saturated rings. The van der Waals surface area contributed by atoms with Crippen molar-refractivity contribution in [3.63, 3.8) is 0 Å². The number of aromatic nitrogens is 1. The Labute approximate surface area is 237 Å². The van der Waals surface area contributed by atoms with Gasteiger partial charge in [-0.25, -0.2) is 28.1 Å². The van der Waals surface area contributed by atoms with Crippen LogP contribution >= 0.6 is 11.3 Å². The fourth-order valence-corrected chi connectivity index (χ4v) is 6.06. The molecule has 12 heteroatoms. The monoisotopic (exact) mass is 582 g/mol. The molecule has 4 rings (SSSR count). The number of nitrogens with two attached hydrogens (primary N) is 1. The molecular weight excluding hydrogens is 552 g/mol. The highest BCUT2D eigenvalue weighted by atomic mass is 32.2. The van der Waals surface area contributed by atoms with E-state index in [1.807, 2.05) is 18.2 Å². The predicted molar refractivity (Wildman–Crippen MR) is 153 cm³/mol. The number of carbonyl (C=O) groups is 2. The number of sulfonamides is 1. The molecule has 4 N–H and O–H groups in total. The smallest absolute Gasteiger partial charge is 0.336 e. The molecule has 1 aromatic heterocycles. The number of ether oxygens (including phenoxy) is 2. The van der Waals surface area contributed by atoms with E-state index < -0.39 is 27.9 Å². The van der Waals surface area contributed by atoms with Crippen molar-refractivity contribution in [2.75, 3.05) is 18.5 Å². The third-order valence-corrected chi connectivity index (χ3v) is 7.92. The van der Waals surface area contributed by atoms with Gasteiger partial charge in [-0.1, -0.05) is 30.3 Å². The Morgan fingerprint density at radius 3 is 2.23 bits per heavy atom. The van der Waals surface area contributed by atoms with Gasteiger partial charge in [0, 0.05) is 28.0 Å². The van der Waals surface area contributed by atoms with Crippen LogP contribution in [-0.2, 0) is 29.1 Å². The van der Waals surface area contributed by atoms with Crippen molar-refractivity contribution in [3.05, 3.63) is 82.0 Å². The molecule has 40 heavy (non-hydrogen) atoms. The number of benzene rings is 2. The molecule has 210 valence electrons. The first-order valence-corrected chi connectivity index (χ1v) is 14.9. The zero-order valence-electron chi connectivity index (χ0n) is 22.5. The predicted octanol–water partition coefficient (Wildman–Crippen LogP) is 4.56. The van der Waals surface area contributed by atoms with Gasteiger partial charge in [0.25, 0.3) is 0 Å². The topological polar surface area (TPSA) is 150 Å². The van der Waals surface area contributed by atoms with Crippen LogP contribution in [0, 0.1) is 0 Å². The Balaban J connectivity index is 1.72. The largest absolute Gasteiger partial charge is 0.463 e. The van der Waals surface area contributed by atoms with Crippen LogP contribution in [0.5, 0.6) is 0 Å². The number of hydrogen-bond donors (Lipinski definition) is 3. The average Bonchev–Trinajstić information content (AvgIpc) is 3.36. The molecule has 2 aromatic carbocycles. The summed E-state index contributed by atoms with van der Waals surface area (Å²) in [4.78, 5) is 30.7. The average molecular weight is 583 g/mol. The van der Waals surface area contributed by atoms with Gasteiger partial charge in [0.2, 0.25) is 10.0 Å². The first-order valence-electron chi connectivity index (χ1n) is 12.5. The summed E-state index contributed by atoms with van der Waals surface area (Å²) in [5, 5.41) is 14.0. The number of carbonyl (C=O) groups excluding carboxylic acids is 2. The maximum atomic E-state index is 13.1. The van der Waals surface area contributed by atoms with E-state index >= 15 is 0 Å². The molecule has 3 aromatic rings. The number of primary sulfonamides is 1. The van der Waals surface area contributed by atoms with Crippen LogP contribution in [0.25, 0.3) is 11.3 Å². The lowest BCUT2D eigenvalue weighted by Gasteiger charge is -2.30. The molecule has 2 heterocycles. The Kier molecular flexibility index (Phi) is 8.72. The number of rotatable bonds is 9. The number of hydrogen-bond acceptors (Lipinski definition) is 10. The molecule has 0 aliphatic carbocycles. The summed E-state index contributed by atoms with van der Waals surface area (Å²) >= 11 is 1.29. The maximum Gasteiger partial charge on any atom is 0.336 e. The highest BCUT2D eigenvalue weighted by Crippen LogP contribution is 2.40. The minimum absolute atomic E-state index is 0.0120. The number of thiazole rings is 1. The van der Waals surface area contributed by atoms with Gasteiger partial charge >= 0.3 is 11.9 Å². The lowest BCUT2D eigenvalue weighted by Crippen LogP contribution is -2.32. The second kappa shape index (κ2) is 12.0. The number of dihydropyridines is 1. The van der Waals surface area contributed by atoms with E-state index in [4.69, 9.17) is 14.6 Å². The Bertz CT molecular complexity index is 1580. The standard InChI is InChI=1S/C28H30N4O6S2/c1-5-37-26(33)23-16(3)30-17(4)24(27(34)38-6-2)25(23)18-10-9-11-19(14-18)31-28-32-21(15-39-28)20-12-7-8-13-22(20)40(29,35)36/h7-15,25,30H,5-6H2,1-4H3,(H,31,32)(H2,29,35,36). The molecule has 0 radical (unpaired) electrons. The summed E-state index contributed by atoms with van der Waals surface area (Å²) in [5.74, 6) is -1.78. The van der Waals surface area contributed by atoms with E-state index in [0.717, 1.165) is 0 Å². The van der Waals surface area contributed by atoms with Crippen molar-refractivity contribution in [2.24, 2.45) is 5.14 Å². The van der Waals surface area contributed by atoms with E-state index in [0.29, 0.717) is 50.2 Å². The molecular formula is C28H30N4O6S2. The van der Waals surface area contributed by atoms with Gasteiger partial charge in [-0.05, 0) is 51.5 Å². The molecule has 1 aliphatic heterocycles. The highest BCUT2D eigenvalue weighted by molar-refractivity contribution is 7.89. The van der Waals surface area contributed by atoms with Crippen molar-refractivity contribution < 1.29 is 27.5 Å². The summed E-state index contributed by atoms with van der Waals surface area (Å²) in [6, 6.07) is 13.7. The van der Waals surface area contributed by atoms with Crippen molar-refractivity contribution in [3.8, 4) is 11.3 Å². The lowest BCUT2D eigenvalue weighted by atomic mass is 9.80. The summed E-state index contributed by atoms with van der Waals surface area (Å²) in [7, 11) is -3.94. The summed E-state index contributed by atoms with van der Waals surface area (Å²) < 4.78 is 34.8. The zero-order chi connectivity index (χ0) is 29.0. The van der Waals surface area contributed by atoms with Crippen LogP contribution in [-0.4, -0.2) is 38.6 Å². The molecule has 0 amide bonds. The third kappa shape index (κ3) is 6.09. The van der Waals surface area contributed by atoms with Crippen LogP contribution in [0.4, 0.5) is 10.8 Å². The lowest BCUT2D eigenvalue weighted by molar-refractivity contribution is -0.139. The molecule has 1 aliphatic rings. The molecule has 10 nitrogen and oxygen atoms in total. The molecule has 0 saturated heterocycles. The van der Waals surface area contributed by atoms with Crippen LogP contribution in [0.3, 0.4) is 0 Å². The number of allylic oxidation sites excluding steroid dienone is 2. The molecule has 0 unspecified atom stereocenters. The van der Waals surface area contributed by atoms with Gasteiger partial charge in [-0.2, -0.15) is 0 Å². The first kappa shape index (κ1) is 29.0. The maximum absolute atomic E-state index is 13.1. The van der Waals surface area contributed by atoms with Crippen molar-refractivity contribution >= 4 is 44.1 Å². The number of esters is 2. The highest BCUT2D eigenvalue weighted by Gasteiger charge is 2.38.